The summed E-state index contributed by atoms with van der Waals surface area (Å²) in [5.41, 5.74) is -0.0918. The maximum Gasteiger partial charge on any atom is 0.260 e. The minimum absolute atomic E-state index is 0.175. The number of nitrogens with zero attached hydrogens (tertiary/aromatic N) is 5. The maximum absolute atomic E-state index is 12.3. The summed E-state index contributed by atoms with van der Waals surface area (Å²) in [5.74, 6) is 0.475. The lowest BCUT2D eigenvalue weighted by Crippen LogP contribution is -2.47. The summed E-state index contributed by atoms with van der Waals surface area (Å²) in [4.78, 5) is 21.7. The number of aromatic amines is 1. The van der Waals surface area contributed by atoms with E-state index in [0.29, 0.717) is 42.1 Å². The van der Waals surface area contributed by atoms with Gasteiger partial charge in [-0.05, 0) is 38.8 Å². The number of para-hydroxylation sites is 1. The van der Waals surface area contributed by atoms with E-state index in [9.17, 15) is 9.90 Å². The number of aromatic nitrogens is 5. The van der Waals surface area contributed by atoms with Gasteiger partial charge in [0.05, 0.1) is 23.6 Å². The molecule has 0 saturated carbocycles. The minimum atomic E-state index is -1.12. The molecule has 1 saturated heterocycles. The van der Waals surface area contributed by atoms with Crippen molar-refractivity contribution >= 4 is 16.9 Å². The summed E-state index contributed by atoms with van der Waals surface area (Å²) < 4.78 is 1.74. The van der Waals surface area contributed by atoms with Gasteiger partial charge in [0, 0.05) is 12.6 Å². The molecule has 3 aromatic rings. The second-order valence-electron chi connectivity index (χ2n) is 7.14. The summed E-state index contributed by atoms with van der Waals surface area (Å²) in [5, 5.41) is 20.0. The maximum atomic E-state index is 12.3. The van der Waals surface area contributed by atoms with Crippen LogP contribution < -0.4 is 10.5 Å². The Labute approximate surface area is 150 Å². The van der Waals surface area contributed by atoms with Crippen molar-refractivity contribution in [1.82, 2.24) is 25.0 Å². The summed E-state index contributed by atoms with van der Waals surface area (Å²) in [6.07, 6.45) is 3.16. The van der Waals surface area contributed by atoms with E-state index in [-0.39, 0.29) is 11.6 Å². The van der Waals surface area contributed by atoms with Crippen LogP contribution in [0.15, 0.2) is 35.3 Å². The van der Waals surface area contributed by atoms with Crippen LogP contribution >= 0.6 is 0 Å². The number of H-pyrrole nitrogens is 1. The van der Waals surface area contributed by atoms with Crippen molar-refractivity contribution in [2.45, 2.75) is 38.3 Å². The highest BCUT2D eigenvalue weighted by molar-refractivity contribution is 5.78. The lowest BCUT2D eigenvalue weighted by atomic mass is 9.90. The summed E-state index contributed by atoms with van der Waals surface area (Å²) >= 11 is 0. The summed E-state index contributed by atoms with van der Waals surface area (Å²) in [7, 11) is 0. The third-order valence-electron chi connectivity index (χ3n) is 4.89. The highest BCUT2D eigenvalue weighted by atomic mass is 16.3. The highest BCUT2D eigenvalue weighted by Crippen LogP contribution is 2.31. The molecule has 4 rings (SSSR count). The molecule has 0 unspecified atom stereocenters. The van der Waals surface area contributed by atoms with Crippen molar-refractivity contribution in [2.24, 2.45) is 0 Å². The minimum Gasteiger partial charge on any atom is -0.382 e. The fourth-order valence-corrected chi connectivity index (χ4v) is 3.39. The van der Waals surface area contributed by atoms with E-state index in [0.717, 1.165) is 6.42 Å². The van der Waals surface area contributed by atoms with E-state index in [1.807, 2.05) is 36.9 Å². The molecule has 2 N–H and O–H groups in total. The topological polar surface area (TPSA) is 99.9 Å². The molecule has 3 heterocycles. The number of nitrogens with one attached hydrogen (secondary N) is 1. The third-order valence-corrected chi connectivity index (χ3v) is 4.89. The average molecular weight is 354 g/mol. The fourth-order valence-electron chi connectivity index (χ4n) is 3.39. The number of anilines is 1. The van der Waals surface area contributed by atoms with Gasteiger partial charge in [0.25, 0.3) is 5.56 Å². The molecule has 0 amide bonds. The Kier molecular flexibility index (Phi) is 3.99. The first-order valence-corrected chi connectivity index (χ1v) is 8.85. The van der Waals surface area contributed by atoms with E-state index < -0.39 is 5.60 Å². The molecule has 0 spiro atoms. The molecule has 1 aromatic carbocycles. The predicted molar refractivity (Wildman–Crippen MR) is 98.1 cm³/mol. The van der Waals surface area contributed by atoms with Gasteiger partial charge in [-0.3, -0.25) is 9.78 Å². The van der Waals surface area contributed by atoms with Gasteiger partial charge in [0.15, 0.2) is 0 Å². The van der Waals surface area contributed by atoms with E-state index in [1.54, 1.807) is 16.9 Å². The molecule has 0 bridgehead atoms. The molecular weight excluding hydrogens is 332 g/mol. The molecule has 1 aliphatic rings. The standard InChI is InChI=1S/C18H22N6O2/c1-12(2)24-10-15(21-22-24)18(26)8-5-9-23(11-18)17-19-14-7-4-3-6-13(14)16(25)20-17/h3-4,6-7,10,12,26H,5,8-9,11H2,1-2H3,(H,19,20,25)/t18-/m1/s1. The van der Waals surface area contributed by atoms with Gasteiger partial charge >= 0.3 is 0 Å². The van der Waals surface area contributed by atoms with Crippen molar-refractivity contribution in [1.29, 1.82) is 0 Å². The lowest BCUT2D eigenvalue weighted by molar-refractivity contribution is 0.0172. The molecule has 2 aromatic heterocycles. The zero-order chi connectivity index (χ0) is 18.3. The van der Waals surface area contributed by atoms with Crippen LogP contribution in [0.5, 0.6) is 0 Å². The number of hydrogen-bond donors (Lipinski definition) is 2. The number of fused-ring (bicyclic) bond motifs is 1. The first-order chi connectivity index (χ1) is 12.5. The molecule has 1 atom stereocenters. The molecule has 8 nitrogen and oxygen atoms in total. The quantitative estimate of drug-likeness (QED) is 0.741. The van der Waals surface area contributed by atoms with Crippen molar-refractivity contribution in [3.05, 3.63) is 46.5 Å². The van der Waals surface area contributed by atoms with E-state index >= 15 is 0 Å². The van der Waals surface area contributed by atoms with Crippen molar-refractivity contribution in [3.63, 3.8) is 0 Å². The Hall–Kier alpha value is -2.74. The van der Waals surface area contributed by atoms with Crippen LogP contribution in [0.25, 0.3) is 10.9 Å². The van der Waals surface area contributed by atoms with Gasteiger partial charge in [-0.25, -0.2) is 9.67 Å². The second kappa shape index (κ2) is 6.21. The number of hydrogen-bond acceptors (Lipinski definition) is 6. The van der Waals surface area contributed by atoms with E-state index in [4.69, 9.17) is 0 Å². The molecule has 0 aliphatic carbocycles. The Balaban J connectivity index is 1.67. The van der Waals surface area contributed by atoms with Gasteiger partial charge in [-0.2, -0.15) is 0 Å². The zero-order valence-corrected chi connectivity index (χ0v) is 14.9. The molecule has 1 aliphatic heterocycles. The van der Waals surface area contributed by atoms with Gasteiger partial charge < -0.3 is 10.0 Å². The van der Waals surface area contributed by atoms with Crippen molar-refractivity contribution < 1.29 is 5.11 Å². The summed E-state index contributed by atoms with van der Waals surface area (Å²) in [6.45, 7) is 5.05. The first kappa shape index (κ1) is 16.7. The molecule has 136 valence electrons. The van der Waals surface area contributed by atoms with E-state index in [1.165, 1.54) is 0 Å². The van der Waals surface area contributed by atoms with Gasteiger partial charge in [0.2, 0.25) is 5.95 Å². The van der Waals surface area contributed by atoms with Crippen LogP contribution in [0.2, 0.25) is 0 Å². The largest absolute Gasteiger partial charge is 0.382 e. The number of aliphatic hydroxyl groups is 1. The fraction of sp³-hybridized carbons (Fsp3) is 0.444. The Bertz CT molecular complexity index is 995. The molecular formula is C18H22N6O2. The molecule has 1 fully saturated rings. The molecule has 0 radical (unpaired) electrons. The van der Waals surface area contributed by atoms with Gasteiger partial charge in [-0.1, -0.05) is 17.3 Å². The SMILES string of the molecule is CC(C)n1cc([C@@]2(O)CCCN(c3nc4ccccc4c(=O)[nH]3)C2)nn1. The van der Waals surface area contributed by atoms with Crippen LogP contribution in [0.4, 0.5) is 5.95 Å². The van der Waals surface area contributed by atoms with Crippen molar-refractivity contribution in [2.75, 3.05) is 18.0 Å². The third kappa shape index (κ3) is 2.86. The van der Waals surface area contributed by atoms with Crippen LogP contribution in [0.3, 0.4) is 0 Å². The Morgan fingerprint density at radius 1 is 1.31 bits per heavy atom. The molecule has 8 heteroatoms. The zero-order valence-electron chi connectivity index (χ0n) is 14.9. The van der Waals surface area contributed by atoms with Crippen LogP contribution in [0.1, 0.15) is 38.4 Å². The number of rotatable bonds is 3. The van der Waals surface area contributed by atoms with Crippen LogP contribution in [-0.2, 0) is 5.60 Å². The number of benzene rings is 1. The smallest absolute Gasteiger partial charge is 0.260 e. The molecule has 26 heavy (non-hydrogen) atoms. The van der Waals surface area contributed by atoms with Gasteiger partial charge in [-0.15, -0.1) is 5.10 Å². The van der Waals surface area contributed by atoms with Crippen LogP contribution in [0, 0.1) is 0 Å². The van der Waals surface area contributed by atoms with Crippen molar-refractivity contribution in [3.8, 4) is 0 Å². The lowest BCUT2D eigenvalue weighted by Gasteiger charge is -2.38. The Morgan fingerprint density at radius 3 is 2.88 bits per heavy atom. The van der Waals surface area contributed by atoms with E-state index in [2.05, 4.69) is 20.3 Å². The highest BCUT2D eigenvalue weighted by Gasteiger charge is 2.38. The average Bonchev–Trinajstić information content (AvgIpc) is 3.13. The van der Waals surface area contributed by atoms with Crippen LogP contribution in [-0.4, -0.2) is 43.2 Å². The van der Waals surface area contributed by atoms with Gasteiger partial charge in [0.1, 0.15) is 11.3 Å². The second-order valence-corrected chi connectivity index (χ2v) is 7.14. The Morgan fingerprint density at radius 2 is 2.12 bits per heavy atom. The number of β-amino-alcohol motifs (C(OH)–C–C–N with tert-alkyl or cyclic N) is 1. The first-order valence-electron chi connectivity index (χ1n) is 8.85. The normalized spacial score (nSPS) is 20.8. The predicted octanol–water partition coefficient (Wildman–Crippen LogP) is 1.58. The monoisotopic (exact) mass is 354 g/mol. The number of piperidine rings is 1. The summed E-state index contributed by atoms with van der Waals surface area (Å²) in [6, 6.07) is 7.42.